The number of likely N-dealkylation sites (tertiary alicyclic amines) is 2. The standard InChI is InChI=1S/C25H36BN3O4.C19H24BrN3O2/c1-23(2,3)31-22(30)28-15-12-18(13-16-28)21-14-17-29(27-21)20-10-8-19(9-11-20)26-32-24(4,5)25(6,7)33-26;1-19(2,3)25-18(24)22-11-8-14(9-12-22)17-10-13-23(21-17)16-6-4-15(20)5-7-16/h8-11,14,17-18H,12-13,15-16H2,1-7H3;4-7,10,13-14H,8-9,11-12H2,1-3H3. The Morgan fingerprint density at radius 1 is 0.638 bits per heavy atom. The van der Waals surface area contributed by atoms with Crippen LogP contribution in [0.3, 0.4) is 0 Å². The van der Waals surface area contributed by atoms with Crippen molar-refractivity contribution in [2.24, 2.45) is 0 Å². The Balaban J connectivity index is 0.000000203. The lowest BCUT2D eigenvalue weighted by molar-refractivity contribution is 0.00578. The first-order valence-corrected chi connectivity index (χ1v) is 21.2. The van der Waals surface area contributed by atoms with Crippen molar-refractivity contribution in [2.45, 2.75) is 129 Å². The van der Waals surface area contributed by atoms with Crippen LogP contribution in [0.2, 0.25) is 0 Å². The molecule has 0 N–H and O–H groups in total. The van der Waals surface area contributed by atoms with Gasteiger partial charge in [0.2, 0.25) is 0 Å². The van der Waals surface area contributed by atoms with Crippen LogP contribution < -0.4 is 5.46 Å². The zero-order valence-corrected chi connectivity index (χ0v) is 37.4. The summed E-state index contributed by atoms with van der Waals surface area (Å²) >= 11 is 3.45. The second-order valence-corrected chi connectivity index (χ2v) is 19.4. The van der Waals surface area contributed by atoms with Crippen molar-refractivity contribution in [1.29, 1.82) is 0 Å². The van der Waals surface area contributed by atoms with E-state index >= 15 is 0 Å². The molecule has 5 heterocycles. The molecule has 14 heteroatoms. The number of benzene rings is 2. The zero-order valence-electron chi connectivity index (χ0n) is 35.8. The van der Waals surface area contributed by atoms with Crippen LogP contribution in [0.4, 0.5) is 9.59 Å². The van der Waals surface area contributed by atoms with E-state index in [4.69, 9.17) is 29.0 Å². The van der Waals surface area contributed by atoms with E-state index < -0.39 is 11.2 Å². The summed E-state index contributed by atoms with van der Waals surface area (Å²) in [6, 6.07) is 20.4. The molecule has 3 saturated heterocycles. The molecule has 2 aromatic carbocycles. The molecule has 0 unspecified atom stereocenters. The number of piperidine rings is 2. The van der Waals surface area contributed by atoms with Crippen molar-refractivity contribution in [3.8, 4) is 11.4 Å². The van der Waals surface area contributed by atoms with Crippen LogP contribution in [0.1, 0.15) is 118 Å². The van der Waals surface area contributed by atoms with Gasteiger partial charge in [0.15, 0.2) is 0 Å². The number of halogens is 1. The summed E-state index contributed by atoms with van der Waals surface area (Å²) in [6.45, 7) is 22.4. The number of hydrogen-bond acceptors (Lipinski definition) is 8. The molecule has 12 nitrogen and oxygen atoms in total. The summed E-state index contributed by atoms with van der Waals surface area (Å²) in [7, 11) is -0.368. The normalized spacial score (nSPS) is 18.8. The van der Waals surface area contributed by atoms with Gasteiger partial charge in [0.1, 0.15) is 11.2 Å². The lowest BCUT2D eigenvalue weighted by Crippen LogP contribution is -2.41. The summed E-state index contributed by atoms with van der Waals surface area (Å²) in [4.78, 5) is 28.1. The molecule has 58 heavy (non-hydrogen) atoms. The minimum Gasteiger partial charge on any atom is -0.444 e. The first-order valence-electron chi connectivity index (χ1n) is 20.5. The van der Waals surface area contributed by atoms with E-state index in [9.17, 15) is 9.59 Å². The van der Waals surface area contributed by atoms with Gasteiger partial charge in [0.05, 0.1) is 34.0 Å². The van der Waals surface area contributed by atoms with Gasteiger partial charge in [-0.25, -0.2) is 19.0 Å². The van der Waals surface area contributed by atoms with Gasteiger partial charge in [-0.2, -0.15) is 10.2 Å². The zero-order chi connectivity index (χ0) is 42.0. The van der Waals surface area contributed by atoms with Gasteiger partial charge >= 0.3 is 19.3 Å². The van der Waals surface area contributed by atoms with Crippen LogP contribution in [-0.2, 0) is 18.8 Å². The van der Waals surface area contributed by atoms with Gasteiger partial charge in [-0.05, 0) is 149 Å². The largest absolute Gasteiger partial charge is 0.494 e. The second kappa shape index (κ2) is 17.2. The Morgan fingerprint density at radius 3 is 1.36 bits per heavy atom. The van der Waals surface area contributed by atoms with Crippen LogP contribution in [0.25, 0.3) is 11.4 Å². The van der Waals surface area contributed by atoms with Crippen LogP contribution in [0, 0.1) is 0 Å². The number of carbonyl (C=O) groups excluding carboxylic acids is 2. The fraction of sp³-hybridized carbons (Fsp3) is 0.545. The van der Waals surface area contributed by atoms with Gasteiger partial charge in [-0.3, -0.25) is 0 Å². The summed E-state index contributed by atoms with van der Waals surface area (Å²) in [5.41, 5.74) is 3.56. The highest BCUT2D eigenvalue weighted by atomic mass is 79.9. The molecule has 2 amide bonds. The molecule has 312 valence electrons. The van der Waals surface area contributed by atoms with Crippen LogP contribution in [0.15, 0.2) is 77.5 Å². The van der Waals surface area contributed by atoms with Crippen LogP contribution in [-0.4, -0.2) is 97.2 Å². The summed E-state index contributed by atoms with van der Waals surface area (Å²) < 4.78 is 28.1. The quantitative estimate of drug-likeness (QED) is 0.183. The maximum atomic E-state index is 12.3. The van der Waals surface area contributed by atoms with Crippen molar-refractivity contribution >= 4 is 40.7 Å². The Morgan fingerprint density at radius 2 is 1.00 bits per heavy atom. The van der Waals surface area contributed by atoms with Gasteiger partial charge in [0, 0.05) is 54.9 Å². The van der Waals surface area contributed by atoms with Crippen molar-refractivity contribution < 1.29 is 28.4 Å². The maximum Gasteiger partial charge on any atom is 0.494 e. The van der Waals surface area contributed by atoms with E-state index in [1.54, 1.807) is 9.80 Å². The highest BCUT2D eigenvalue weighted by molar-refractivity contribution is 9.10. The number of hydrogen-bond donors (Lipinski definition) is 0. The Kier molecular flexibility index (Phi) is 12.9. The first-order chi connectivity index (χ1) is 27.2. The Hall–Kier alpha value is -4.14. The number of amides is 2. The van der Waals surface area contributed by atoms with Crippen molar-refractivity contribution in [3.63, 3.8) is 0 Å². The van der Waals surface area contributed by atoms with Gasteiger partial charge < -0.3 is 28.6 Å². The van der Waals surface area contributed by atoms with Crippen LogP contribution in [0.5, 0.6) is 0 Å². The minimum absolute atomic E-state index is 0.216. The maximum absolute atomic E-state index is 12.3. The van der Waals surface area contributed by atoms with Crippen molar-refractivity contribution in [3.05, 3.63) is 88.9 Å². The van der Waals surface area contributed by atoms with E-state index in [1.807, 2.05) is 112 Å². The molecule has 0 radical (unpaired) electrons. The molecule has 0 aliphatic carbocycles. The molecule has 0 saturated carbocycles. The number of ether oxygens (including phenoxy) is 2. The summed E-state index contributed by atoms with van der Waals surface area (Å²) in [5, 5.41) is 9.56. The molecule has 7 rings (SSSR count). The molecule has 0 atom stereocenters. The topological polar surface area (TPSA) is 113 Å². The predicted octanol–water partition coefficient (Wildman–Crippen LogP) is 9.04. The first kappa shape index (κ1) is 43.4. The average molecular weight is 860 g/mol. The highest BCUT2D eigenvalue weighted by Gasteiger charge is 2.51. The van der Waals surface area contributed by atoms with Gasteiger partial charge in [-0.15, -0.1) is 0 Å². The van der Waals surface area contributed by atoms with E-state index in [0.717, 1.165) is 58.4 Å². The number of nitrogens with zero attached hydrogens (tertiary/aromatic N) is 6. The molecule has 0 bridgehead atoms. The molecule has 3 aliphatic rings. The van der Waals surface area contributed by atoms with Gasteiger partial charge in [0.25, 0.3) is 0 Å². The molecular formula is C44H60BBrN6O6. The van der Waals surface area contributed by atoms with E-state index in [1.165, 1.54) is 0 Å². The third kappa shape index (κ3) is 10.9. The van der Waals surface area contributed by atoms with E-state index in [0.29, 0.717) is 38.0 Å². The molecule has 4 aromatic rings. The smallest absolute Gasteiger partial charge is 0.444 e. The van der Waals surface area contributed by atoms with Crippen molar-refractivity contribution in [1.82, 2.24) is 29.4 Å². The SMILES string of the molecule is CC(C)(C)OC(=O)N1CCC(c2ccn(-c3ccc(B4OC(C)(C)C(C)(C)O4)cc3)n2)CC1.CC(C)(C)OC(=O)N1CCC(c2ccn(-c3ccc(Br)cc3)n2)CC1. The average Bonchev–Trinajstić information content (AvgIpc) is 3.90. The summed E-state index contributed by atoms with van der Waals surface area (Å²) in [6.07, 6.45) is 7.15. The van der Waals surface area contributed by atoms with E-state index in [-0.39, 0.29) is 30.5 Å². The Bertz CT molecular complexity index is 1980. The molecule has 3 fully saturated rings. The fourth-order valence-corrected chi connectivity index (χ4v) is 7.39. The lowest BCUT2D eigenvalue weighted by atomic mass is 9.79. The number of carbonyl (C=O) groups is 2. The molecule has 3 aliphatic heterocycles. The molecular weight excluding hydrogens is 799 g/mol. The van der Waals surface area contributed by atoms with Crippen molar-refractivity contribution in [2.75, 3.05) is 26.2 Å². The van der Waals surface area contributed by atoms with Crippen LogP contribution >= 0.6 is 15.9 Å². The van der Waals surface area contributed by atoms with E-state index in [2.05, 4.69) is 55.8 Å². The second-order valence-electron chi connectivity index (χ2n) is 18.5. The van der Waals surface area contributed by atoms with Gasteiger partial charge in [-0.1, -0.05) is 28.1 Å². The lowest BCUT2D eigenvalue weighted by Gasteiger charge is -2.32. The number of rotatable bonds is 5. The monoisotopic (exact) mass is 858 g/mol. The highest BCUT2D eigenvalue weighted by Crippen LogP contribution is 2.37. The Labute approximate surface area is 352 Å². The third-order valence-electron chi connectivity index (χ3n) is 11.1. The molecule has 2 aromatic heterocycles. The predicted molar refractivity (Wildman–Crippen MR) is 230 cm³/mol. The fourth-order valence-electron chi connectivity index (χ4n) is 7.12. The third-order valence-corrected chi connectivity index (χ3v) is 11.7. The molecule has 0 spiro atoms. The summed E-state index contributed by atoms with van der Waals surface area (Å²) in [5.74, 6) is 0.726. The number of aromatic nitrogens is 4. The minimum atomic E-state index is -0.468.